The van der Waals surface area contributed by atoms with Crippen molar-refractivity contribution in [3.63, 3.8) is 0 Å². The molecule has 0 radical (unpaired) electrons. The van der Waals surface area contributed by atoms with Gasteiger partial charge in [-0.25, -0.2) is 0 Å². The Morgan fingerprint density at radius 3 is 2.23 bits per heavy atom. The molecule has 0 rings (SSSR count). The number of nitrogens with one attached hydrogen (secondary N) is 1. The van der Waals surface area contributed by atoms with Crippen LogP contribution in [-0.4, -0.2) is 31.4 Å². The zero-order valence-electron chi connectivity index (χ0n) is 8.59. The van der Waals surface area contributed by atoms with Crippen molar-refractivity contribution >= 4 is 11.7 Å². The largest absolute Gasteiger partial charge is 0.375 e. The molecular weight excluding hydrogens is 170 g/mol. The van der Waals surface area contributed by atoms with E-state index in [1.807, 2.05) is 13.8 Å². The van der Waals surface area contributed by atoms with Crippen LogP contribution in [0.1, 0.15) is 20.8 Å². The second kappa shape index (κ2) is 5.70. The molecule has 0 bridgehead atoms. The third-order valence-electron chi connectivity index (χ3n) is 1.70. The summed E-state index contributed by atoms with van der Waals surface area (Å²) in [5.74, 6) is -0.172. The Labute approximate surface area is 78.6 Å². The van der Waals surface area contributed by atoms with Gasteiger partial charge in [0.1, 0.15) is 6.61 Å². The van der Waals surface area contributed by atoms with Gasteiger partial charge in [0.2, 0.25) is 5.91 Å². The second-order valence-electron chi connectivity index (χ2n) is 3.33. The summed E-state index contributed by atoms with van der Waals surface area (Å²) < 4.78 is 4.64. The highest BCUT2D eigenvalue weighted by molar-refractivity contribution is 5.88. The zero-order valence-corrected chi connectivity index (χ0v) is 8.59. The van der Waals surface area contributed by atoms with Crippen LogP contribution in [0, 0.1) is 5.92 Å². The lowest BCUT2D eigenvalue weighted by atomic mass is 10.0. The molecule has 0 heterocycles. The van der Waals surface area contributed by atoms with Gasteiger partial charge in [0.25, 0.3) is 0 Å². The highest BCUT2D eigenvalue weighted by Crippen LogP contribution is 2.02. The van der Waals surface area contributed by atoms with E-state index in [4.69, 9.17) is 0 Å². The van der Waals surface area contributed by atoms with Gasteiger partial charge in [-0.15, -0.1) is 0 Å². The molecule has 0 aromatic carbocycles. The smallest absolute Gasteiger partial charge is 0.246 e. The van der Waals surface area contributed by atoms with Gasteiger partial charge in [-0.1, -0.05) is 13.8 Å². The van der Waals surface area contributed by atoms with Crippen molar-refractivity contribution in [2.75, 3.05) is 13.7 Å². The van der Waals surface area contributed by atoms with E-state index in [9.17, 15) is 9.59 Å². The predicted molar refractivity (Wildman–Crippen MR) is 49.3 cm³/mol. The molecule has 4 nitrogen and oxygen atoms in total. The van der Waals surface area contributed by atoms with Gasteiger partial charge in [0, 0.05) is 7.11 Å². The SMILES string of the molecule is COCC(=O)NC(C(C)=O)C(C)C. The number of methoxy groups -OCH3 is 1. The summed E-state index contributed by atoms with van der Waals surface area (Å²) in [6.45, 7) is 5.24. The minimum atomic E-state index is -0.400. The molecule has 76 valence electrons. The zero-order chi connectivity index (χ0) is 10.4. The third-order valence-corrected chi connectivity index (χ3v) is 1.70. The molecule has 0 aliphatic carbocycles. The molecule has 0 aromatic rings. The van der Waals surface area contributed by atoms with Crippen molar-refractivity contribution in [3.05, 3.63) is 0 Å². The Bertz CT molecular complexity index is 189. The molecule has 0 saturated heterocycles. The molecule has 0 aliphatic heterocycles. The van der Waals surface area contributed by atoms with Crippen molar-refractivity contribution in [1.82, 2.24) is 5.32 Å². The first-order chi connectivity index (χ1) is 5.99. The Hall–Kier alpha value is -0.900. The lowest BCUT2D eigenvalue weighted by Gasteiger charge is -2.18. The molecule has 0 saturated carbocycles. The first-order valence-corrected chi connectivity index (χ1v) is 4.27. The van der Waals surface area contributed by atoms with Gasteiger partial charge >= 0.3 is 0 Å². The Balaban J connectivity index is 4.10. The van der Waals surface area contributed by atoms with Gasteiger partial charge < -0.3 is 10.1 Å². The van der Waals surface area contributed by atoms with E-state index >= 15 is 0 Å². The van der Waals surface area contributed by atoms with Gasteiger partial charge in [0.15, 0.2) is 5.78 Å². The van der Waals surface area contributed by atoms with E-state index in [2.05, 4.69) is 10.1 Å². The van der Waals surface area contributed by atoms with Gasteiger partial charge in [0.05, 0.1) is 6.04 Å². The summed E-state index contributed by atoms with van der Waals surface area (Å²) in [6, 6.07) is -0.400. The molecule has 0 fully saturated rings. The van der Waals surface area contributed by atoms with Crippen molar-refractivity contribution in [2.45, 2.75) is 26.8 Å². The van der Waals surface area contributed by atoms with Crippen LogP contribution in [0.2, 0.25) is 0 Å². The summed E-state index contributed by atoms with van der Waals surface area (Å²) in [6.07, 6.45) is 0. The lowest BCUT2D eigenvalue weighted by Crippen LogP contribution is -2.44. The fraction of sp³-hybridized carbons (Fsp3) is 0.778. The molecule has 1 atom stereocenters. The van der Waals surface area contributed by atoms with Crippen LogP contribution in [0.3, 0.4) is 0 Å². The number of hydrogen-bond acceptors (Lipinski definition) is 3. The topological polar surface area (TPSA) is 55.4 Å². The number of carbonyl (C=O) groups is 2. The predicted octanol–water partition coefficient (Wildman–Crippen LogP) is 0.363. The van der Waals surface area contributed by atoms with Crippen LogP contribution >= 0.6 is 0 Å². The molecule has 0 aliphatic rings. The van der Waals surface area contributed by atoms with E-state index in [1.165, 1.54) is 14.0 Å². The van der Waals surface area contributed by atoms with E-state index < -0.39 is 6.04 Å². The fourth-order valence-electron chi connectivity index (χ4n) is 1.08. The van der Waals surface area contributed by atoms with Crippen LogP contribution in [0.5, 0.6) is 0 Å². The number of ether oxygens (including phenoxy) is 1. The van der Waals surface area contributed by atoms with Crippen LogP contribution < -0.4 is 5.32 Å². The molecule has 1 N–H and O–H groups in total. The molecule has 1 unspecified atom stereocenters. The lowest BCUT2D eigenvalue weighted by molar-refractivity contribution is -0.130. The van der Waals surface area contributed by atoms with Gasteiger partial charge in [-0.3, -0.25) is 9.59 Å². The van der Waals surface area contributed by atoms with Crippen molar-refractivity contribution in [3.8, 4) is 0 Å². The minimum Gasteiger partial charge on any atom is -0.375 e. The van der Waals surface area contributed by atoms with E-state index in [0.717, 1.165) is 0 Å². The molecule has 13 heavy (non-hydrogen) atoms. The molecule has 0 spiro atoms. The van der Waals surface area contributed by atoms with E-state index in [-0.39, 0.29) is 24.2 Å². The first kappa shape index (κ1) is 12.1. The van der Waals surface area contributed by atoms with Crippen LogP contribution in [0.4, 0.5) is 0 Å². The van der Waals surface area contributed by atoms with E-state index in [1.54, 1.807) is 0 Å². The normalized spacial score (nSPS) is 12.7. The number of ketones is 1. The Morgan fingerprint density at radius 2 is 1.92 bits per heavy atom. The van der Waals surface area contributed by atoms with Gasteiger partial charge in [-0.05, 0) is 12.8 Å². The average Bonchev–Trinajstić information content (AvgIpc) is 1.99. The second-order valence-corrected chi connectivity index (χ2v) is 3.33. The maximum atomic E-state index is 11.1. The Morgan fingerprint density at radius 1 is 1.38 bits per heavy atom. The molecule has 0 aromatic heterocycles. The number of hydrogen-bond donors (Lipinski definition) is 1. The number of carbonyl (C=O) groups excluding carboxylic acids is 2. The number of amides is 1. The van der Waals surface area contributed by atoms with Crippen LogP contribution in [0.25, 0.3) is 0 Å². The van der Waals surface area contributed by atoms with Crippen molar-refractivity contribution < 1.29 is 14.3 Å². The van der Waals surface area contributed by atoms with Gasteiger partial charge in [-0.2, -0.15) is 0 Å². The van der Waals surface area contributed by atoms with Crippen molar-refractivity contribution in [2.24, 2.45) is 5.92 Å². The average molecular weight is 187 g/mol. The highest BCUT2D eigenvalue weighted by atomic mass is 16.5. The standard InChI is InChI=1S/C9H17NO3/c1-6(2)9(7(3)11)10-8(12)5-13-4/h6,9H,5H2,1-4H3,(H,10,12). The minimum absolute atomic E-state index is 0.00347. The van der Waals surface area contributed by atoms with E-state index in [0.29, 0.717) is 0 Å². The number of Topliss-reactive ketones (excluding diaryl/α,β-unsaturated/α-hetero) is 1. The summed E-state index contributed by atoms with van der Waals surface area (Å²) >= 11 is 0. The first-order valence-electron chi connectivity index (χ1n) is 4.27. The maximum absolute atomic E-state index is 11.1. The fourth-order valence-corrected chi connectivity index (χ4v) is 1.08. The molecular formula is C9H17NO3. The van der Waals surface area contributed by atoms with Crippen LogP contribution in [0.15, 0.2) is 0 Å². The summed E-state index contributed by atoms with van der Waals surface area (Å²) in [5.41, 5.74) is 0. The third kappa shape index (κ3) is 4.62. The van der Waals surface area contributed by atoms with Crippen LogP contribution in [-0.2, 0) is 14.3 Å². The monoisotopic (exact) mass is 187 g/mol. The number of rotatable bonds is 5. The maximum Gasteiger partial charge on any atom is 0.246 e. The summed E-state index contributed by atoms with van der Waals surface area (Å²) in [7, 11) is 1.44. The summed E-state index contributed by atoms with van der Waals surface area (Å²) in [5, 5.41) is 2.60. The Kier molecular flexibility index (Phi) is 5.30. The van der Waals surface area contributed by atoms with Crippen molar-refractivity contribution in [1.29, 1.82) is 0 Å². The summed E-state index contributed by atoms with van der Waals surface area (Å²) in [4.78, 5) is 22.1. The quantitative estimate of drug-likeness (QED) is 0.676. The molecule has 1 amide bonds. The molecule has 4 heteroatoms. The highest BCUT2D eigenvalue weighted by Gasteiger charge is 2.19.